The molecule has 0 aliphatic carbocycles. The van der Waals surface area contributed by atoms with E-state index in [1.807, 2.05) is 5.43 Å². The number of hydrazone groups is 1. The number of amides is 3. The number of benzene rings is 1. The van der Waals surface area contributed by atoms with E-state index in [1.54, 1.807) is 11.8 Å². The van der Waals surface area contributed by atoms with Gasteiger partial charge in [0.2, 0.25) is 11.7 Å². The van der Waals surface area contributed by atoms with E-state index >= 15 is 0 Å². The van der Waals surface area contributed by atoms with E-state index < -0.39 is 40.6 Å². The quantitative estimate of drug-likeness (QED) is 0.117. The van der Waals surface area contributed by atoms with E-state index in [1.165, 1.54) is 0 Å². The fraction of sp³-hybridized carbons (Fsp3) is 0.471. The molecular weight excluding hydrogens is 419 g/mol. The number of hydrogen-bond donors (Lipinski definition) is 3. The Morgan fingerprint density at radius 3 is 2.41 bits per heavy atom. The summed E-state index contributed by atoms with van der Waals surface area (Å²) in [6, 6.07) is 0.0283. The number of nitrogens with one attached hydrogen (secondary N) is 3. The first-order chi connectivity index (χ1) is 13.8. The van der Waals surface area contributed by atoms with Crippen molar-refractivity contribution < 1.29 is 31.5 Å². The highest BCUT2D eigenvalue weighted by Gasteiger charge is 2.42. The number of urea groups is 1. The van der Waals surface area contributed by atoms with Gasteiger partial charge in [0.15, 0.2) is 23.3 Å². The lowest BCUT2D eigenvalue weighted by Gasteiger charge is -2.16. The summed E-state index contributed by atoms with van der Waals surface area (Å²) in [6.45, 7) is 0. The van der Waals surface area contributed by atoms with Crippen LogP contribution in [0, 0.1) is 29.1 Å². The molecule has 0 spiro atoms. The largest absolute Gasteiger partial charge is 0.332 e. The van der Waals surface area contributed by atoms with Gasteiger partial charge in [-0.2, -0.15) is 16.9 Å². The van der Waals surface area contributed by atoms with Gasteiger partial charge in [-0.05, 0) is 12.8 Å². The number of rotatable bonds is 7. The summed E-state index contributed by atoms with van der Waals surface area (Å²) in [7, 11) is 0. The number of halogens is 5. The fourth-order valence-corrected chi connectivity index (χ4v) is 4.78. The molecule has 1 aromatic carbocycles. The second-order valence-electron chi connectivity index (χ2n) is 6.64. The highest BCUT2D eigenvalue weighted by molar-refractivity contribution is 8.00. The molecule has 29 heavy (non-hydrogen) atoms. The minimum atomic E-state index is -2.26. The summed E-state index contributed by atoms with van der Waals surface area (Å²) in [5.41, 5.74) is 0.762. The van der Waals surface area contributed by atoms with Crippen LogP contribution in [-0.2, 0) is 4.79 Å². The van der Waals surface area contributed by atoms with Gasteiger partial charge in [0.1, 0.15) is 0 Å². The van der Waals surface area contributed by atoms with Crippen molar-refractivity contribution in [3.05, 3.63) is 34.6 Å². The molecule has 2 fully saturated rings. The van der Waals surface area contributed by atoms with Crippen LogP contribution in [0.3, 0.4) is 0 Å². The fourth-order valence-electron chi connectivity index (χ4n) is 3.23. The third kappa shape index (κ3) is 4.62. The van der Waals surface area contributed by atoms with Gasteiger partial charge in [0, 0.05) is 17.4 Å². The monoisotopic (exact) mass is 436 g/mol. The van der Waals surface area contributed by atoms with Crippen molar-refractivity contribution in [2.75, 3.05) is 5.75 Å². The summed E-state index contributed by atoms with van der Waals surface area (Å²) < 4.78 is 66.1. The number of carbonyl (C=O) groups excluding carboxylic acids is 2. The second kappa shape index (κ2) is 8.97. The van der Waals surface area contributed by atoms with Crippen molar-refractivity contribution in [1.82, 2.24) is 16.1 Å². The molecule has 2 heterocycles. The molecule has 0 bridgehead atoms. The van der Waals surface area contributed by atoms with Crippen molar-refractivity contribution in [3.63, 3.8) is 0 Å². The molecular formula is C17H17F5N4O2S. The van der Waals surface area contributed by atoms with Crippen LogP contribution in [0.1, 0.15) is 31.2 Å². The van der Waals surface area contributed by atoms with E-state index in [9.17, 15) is 31.5 Å². The van der Waals surface area contributed by atoms with Gasteiger partial charge in [-0.1, -0.05) is 6.42 Å². The van der Waals surface area contributed by atoms with Crippen LogP contribution in [0.4, 0.5) is 26.7 Å². The Labute approximate surface area is 166 Å². The average Bonchev–Trinajstić information content (AvgIpc) is 3.24. The van der Waals surface area contributed by atoms with Crippen LogP contribution >= 0.6 is 11.8 Å². The van der Waals surface area contributed by atoms with Gasteiger partial charge in [-0.15, -0.1) is 0 Å². The topological polar surface area (TPSA) is 82.6 Å². The van der Waals surface area contributed by atoms with E-state index in [4.69, 9.17) is 0 Å². The number of thioether (sulfide) groups is 1. The Morgan fingerprint density at radius 2 is 1.72 bits per heavy atom. The van der Waals surface area contributed by atoms with Crippen molar-refractivity contribution in [1.29, 1.82) is 0 Å². The molecule has 2 saturated heterocycles. The van der Waals surface area contributed by atoms with E-state index in [-0.39, 0.29) is 29.8 Å². The Morgan fingerprint density at radius 1 is 1.07 bits per heavy atom. The number of hydrogen-bond acceptors (Lipinski definition) is 4. The maximum Gasteiger partial charge on any atom is 0.315 e. The van der Waals surface area contributed by atoms with Gasteiger partial charge in [0.25, 0.3) is 0 Å². The molecule has 12 heteroatoms. The lowest BCUT2D eigenvalue weighted by atomic mass is 10.0. The molecule has 0 unspecified atom stereocenters. The Bertz CT molecular complexity index is 825. The van der Waals surface area contributed by atoms with Gasteiger partial charge in [-0.3, -0.25) is 4.79 Å². The lowest BCUT2D eigenvalue weighted by Crippen LogP contribution is -2.36. The Balaban J connectivity index is 1.42. The highest BCUT2D eigenvalue weighted by atomic mass is 32.2. The second-order valence-corrected chi connectivity index (χ2v) is 7.92. The molecule has 0 radical (unpaired) electrons. The summed E-state index contributed by atoms with van der Waals surface area (Å²) in [4.78, 5) is 23.0. The SMILES string of the molecule is O=C(CCCC[C@H]1SC[C@H]2NC(=O)N[C@@H]21)N/N=C\c1c(F)c(F)c(F)c(F)c1F. The molecule has 6 nitrogen and oxygen atoms in total. The standard InChI is InChI=1S/C17H17F5N4O2S/c18-11-7(12(19)14(21)15(22)13(11)20)5-23-26-10(27)4-2-1-3-9-16-8(6-29-9)24-17(28)25-16/h5,8-9,16H,1-4,6H2,(H,26,27)(H2,24,25,28)/b23-5-/t8-,9-,16+/m1/s1. The van der Waals surface area contributed by atoms with Crippen molar-refractivity contribution >= 4 is 29.9 Å². The number of unbranched alkanes of at least 4 members (excludes halogenated alkanes) is 1. The van der Waals surface area contributed by atoms with Crippen LogP contribution in [0.15, 0.2) is 5.10 Å². The van der Waals surface area contributed by atoms with Gasteiger partial charge < -0.3 is 10.6 Å². The first-order valence-electron chi connectivity index (χ1n) is 8.81. The number of fused-ring (bicyclic) bond motifs is 1. The van der Waals surface area contributed by atoms with E-state index in [0.717, 1.165) is 12.2 Å². The first kappa shape index (κ1) is 21.3. The highest BCUT2D eigenvalue weighted by Crippen LogP contribution is 2.33. The summed E-state index contributed by atoms with van der Waals surface area (Å²) >= 11 is 1.75. The van der Waals surface area contributed by atoms with Gasteiger partial charge >= 0.3 is 6.03 Å². The molecule has 2 aliphatic rings. The molecule has 3 rings (SSSR count). The number of carbonyl (C=O) groups is 2. The minimum Gasteiger partial charge on any atom is -0.332 e. The molecule has 3 N–H and O–H groups in total. The summed E-state index contributed by atoms with van der Waals surface area (Å²) in [5.74, 6) is -10.2. The van der Waals surface area contributed by atoms with Crippen LogP contribution < -0.4 is 16.1 Å². The summed E-state index contributed by atoms with van der Waals surface area (Å²) in [6.07, 6.45) is 2.48. The predicted octanol–water partition coefficient (Wildman–Crippen LogP) is 2.56. The molecule has 3 amide bonds. The zero-order valence-electron chi connectivity index (χ0n) is 14.9. The Kier molecular flexibility index (Phi) is 6.60. The van der Waals surface area contributed by atoms with Crippen LogP contribution in [0.25, 0.3) is 0 Å². The van der Waals surface area contributed by atoms with Crippen molar-refractivity contribution in [2.45, 2.75) is 43.0 Å². The molecule has 158 valence electrons. The Hall–Kier alpha value is -2.37. The smallest absolute Gasteiger partial charge is 0.315 e. The molecule has 0 aromatic heterocycles. The molecule has 3 atom stereocenters. The van der Waals surface area contributed by atoms with Gasteiger partial charge in [0.05, 0.1) is 23.9 Å². The maximum absolute atomic E-state index is 13.5. The third-order valence-electron chi connectivity index (χ3n) is 4.71. The summed E-state index contributed by atoms with van der Waals surface area (Å²) in [5, 5.41) is 9.23. The van der Waals surface area contributed by atoms with Crippen LogP contribution in [0.5, 0.6) is 0 Å². The maximum atomic E-state index is 13.5. The van der Waals surface area contributed by atoms with Crippen LogP contribution in [0.2, 0.25) is 0 Å². The molecule has 0 saturated carbocycles. The van der Waals surface area contributed by atoms with Crippen molar-refractivity contribution in [2.24, 2.45) is 5.10 Å². The van der Waals surface area contributed by atoms with Crippen molar-refractivity contribution in [3.8, 4) is 0 Å². The third-order valence-corrected chi connectivity index (χ3v) is 6.22. The van der Waals surface area contributed by atoms with Crippen LogP contribution in [-0.4, -0.2) is 41.2 Å². The molecule has 1 aromatic rings. The predicted molar refractivity (Wildman–Crippen MR) is 95.9 cm³/mol. The minimum absolute atomic E-state index is 0.0739. The van der Waals surface area contributed by atoms with E-state index in [2.05, 4.69) is 15.7 Å². The zero-order valence-corrected chi connectivity index (χ0v) is 15.7. The van der Waals surface area contributed by atoms with E-state index in [0.29, 0.717) is 19.1 Å². The first-order valence-corrected chi connectivity index (χ1v) is 9.86. The normalized spacial score (nSPS) is 23.2. The number of nitrogens with zero attached hydrogens (tertiary/aromatic N) is 1. The average molecular weight is 436 g/mol. The van der Waals surface area contributed by atoms with Gasteiger partial charge in [-0.25, -0.2) is 32.2 Å². The zero-order chi connectivity index (χ0) is 21.1. The molecule has 2 aliphatic heterocycles. The lowest BCUT2D eigenvalue weighted by molar-refractivity contribution is -0.121.